The molecule has 0 bridgehead atoms. The van der Waals surface area contributed by atoms with Gasteiger partial charge < -0.3 is 4.43 Å². The lowest BCUT2D eigenvalue weighted by atomic mass is 10.0. The maximum absolute atomic E-state index is 13.2. The Bertz CT molecular complexity index is 657. The van der Waals surface area contributed by atoms with E-state index in [1.54, 1.807) is 24.5 Å². The summed E-state index contributed by atoms with van der Waals surface area (Å²) in [5.41, 5.74) is 2.08. The smallest absolute Gasteiger partial charge is 0.166 e. The van der Waals surface area contributed by atoms with Crippen LogP contribution < -0.4 is 0 Å². The van der Waals surface area contributed by atoms with Crippen LogP contribution in [0.3, 0.4) is 0 Å². The molecule has 1 heterocycles. The van der Waals surface area contributed by atoms with E-state index in [1.807, 2.05) is 12.1 Å². The van der Waals surface area contributed by atoms with E-state index in [4.69, 9.17) is 4.43 Å². The predicted molar refractivity (Wildman–Crippen MR) is 101 cm³/mol. The van der Waals surface area contributed by atoms with Crippen molar-refractivity contribution in [3.8, 4) is 0 Å². The number of nitrogens with zero attached hydrogens (tertiary/aromatic N) is 3. The number of rotatable bonds is 8. The Morgan fingerprint density at radius 3 is 2.44 bits per heavy atom. The second-order valence-electron chi connectivity index (χ2n) is 7.22. The highest BCUT2D eigenvalue weighted by atomic mass is 28.2. The largest absolute Gasteiger partial charge is 0.422 e. The van der Waals surface area contributed by atoms with Crippen LogP contribution in [0.15, 0.2) is 59.0 Å². The normalized spacial score (nSPS) is 13.8. The molecule has 0 radical (unpaired) electrons. The van der Waals surface area contributed by atoms with Crippen molar-refractivity contribution < 1.29 is 8.82 Å². The van der Waals surface area contributed by atoms with Crippen molar-refractivity contribution in [3.05, 3.63) is 65.7 Å². The van der Waals surface area contributed by atoms with Crippen LogP contribution >= 0.6 is 0 Å². The van der Waals surface area contributed by atoms with Gasteiger partial charge in [0.25, 0.3) is 0 Å². The van der Waals surface area contributed by atoms with Crippen molar-refractivity contribution in [1.82, 2.24) is 4.98 Å². The van der Waals surface area contributed by atoms with Gasteiger partial charge in [0, 0.05) is 18.8 Å². The number of hydrogen-bond donors (Lipinski definition) is 0. The summed E-state index contributed by atoms with van der Waals surface area (Å²) < 4.78 is 18.9. The van der Waals surface area contributed by atoms with Crippen LogP contribution in [0.5, 0.6) is 0 Å². The third-order valence-corrected chi connectivity index (χ3v) is 4.88. The Labute approximate surface area is 151 Å². The lowest BCUT2D eigenvalue weighted by Crippen LogP contribution is -2.14. The van der Waals surface area contributed by atoms with E-state index in [0.717, 1.165) is 11.1 Å². The van der Waals surface area contributed by atoms with E-state index in [2.05, 4.69) is 36.0 Å². The standard InChI is InChI=1S/C19H26FN3OSi/c1-19(2,3)25-24-13-12-22-23-18(14-15-8-10-21-11-9-15)16-4-6-17(20)7-5-16/h4-11,18H,12-14,25H2,1-3H3. The summed E-state index contributed by atoms with van der Waals surface area (Å²) in [6, 6.07) is 10.2. The molecule has 6 heteroatoms. The van der Waals surface area contributed by atoms with Crippen LogP contribution in [0.4, 0.5) is 4.39 Å². The molecule has 4 nitrogen and oxygen atoms in total. The molecule has 1 unspecified atom stereocenters. The fraction of sp³-hybridized carbons (Fsp3) is 0.421. The van der Waals surface area contributed by atoms with Gasteiger partial charge in [0.1, 0.15) is 5.82 Å². The third-order valence-electron chi connectivity index (χ3n) is 3.52. The minimum Gasteiger partial charge on any atom is -0.422 e. The summed E-state index contributed by atoms with van der Waals surface area (Å²) in [4.78, 5) is 4.04. The van der Waals surface area contributed by atoms with Gasteiger partial charge in [0.05, 0.1) is 19.2 Å². The molecule has 25 heavy (non-hydrogen) atoms. The lowest BCUT2D eigenvalue weighted by molar-refractivity contribution is 0.328. The first-order valence-corrected chi connectivity index (χ1v) is 9.81. The minimum atomic E-state index is -0.550. The van der Waals surface area contributed by atoms with Crippen LogP contribution in [-0.4, -0.2) is 27.9 Å². The molecular formula is C19H26FN3OSi. The highest BCUT2D eigenvalue weighted by Crippen LogP contribution is 2.23. The molecule has 0 saturated carbocycles. The molecular weight excluding hydrogens is 333 g/mol. The highest BCUT2D eigenvalue weighted by molar-refractivity contribution is 6.31. The molecule has 0 spiro atoms. The van der Waals surface area contributed by atoms with Gasteiger partial charge in [-0.25, -0.2) is 4.39 Å². The minimum absolute atomic E-state index is 0.136. The van der Waals surface area contributed by atoms with Crippen molar-refractivity contribution >= 4 is 9.76 Å². The first kappa shape index (κ1) is 19.4. The van der Waals surface area contributed by atoms with Gasteiger partial charge in [-0.05, 0) is 40.4 Å². The summed E-state index contributed by atoms with van der Waals surface area (Å²) >= 11 is 0. The summed E-state index contributed by atoms with van der Waals surface area (Å²) in [6.45, 7) is 7.75. The second kappa shape index (κ2) is 9.53. The number of azo groups is 1. The van der Waals surface area contributed by atoms with Crippen molar-refractivity contribution in [2.75, 3.05) is 13.2 Å². The first-order chi connectivity index (χ1) is 11.9. The lowest BCUT2D eigenvalue weighted by Gasteiger charge is -2.16. The van der Waals surface area contributed by atoms with Crippen molar-refractivity contribution in [2.24, 2.45) is 10.2 Å². The first-order valence-electron chi connectivity index (χ1n) is 8.53. The molecule has 0 N–H and O–H groups in total. The Kier molecular flexibility index (Phi) is 7.40. The van der Waals surface area contributed by atoms with E-state index >= 15 is 0 Å². The Morgan fingerprint density at radius 1 is 1.12 bits per heavy atom. The van der Waals surface area contributed by atoms with Crippen LogP contribution in [0.1, 0.15) is 37.9 Å². The van der Waals surface area contributed by atoms with Gasteiger partial charge >= 0.3 is 0 Å². The zero-order valence-corrected chi connectivity index (χ0v) is 16.6. The molecule has 0 amide bonds. The fourth-order valence-corrected chi connectivity index (χ4v) is 3.18. The Hall–Kier alpha value is -1.92. The molecule has 134 valence electrons. The molecule has 0 aliphatic heterocycles. The molecule has 1 aromatic heterocycles. The predicted octanol–water partition coefficient (Wildman–Crippen LogP) is 4.28. The third kappa shape index (κ3) is 7.66. The molecule has 0 saturated heterocycles. The van der Waals surface area contributed by atoms with Crippen LogP contribution in [0.25, 0.3) is 0 Å². The summed E-state index contributed by atoms with van der Waals surface area (Å²) in [7, 11) is -0.550. The van der Waals surface area contributed by atoms with Crippen molar-refractivity contribution in [1.29, 1.82) is 0 Å². The maximum Gasteiger partial charge on any atom is 0.166 e. The zero-order chi connectivity index (χ0) is 18.1. The van der Waals surface area contributed by atoms with Gasteiger partial charge in [-0.3, -0.25) is 4.98 Å². The Balaban J connectivity index is 1.97. The fourth-order valence-electron chi connectivity index (χ4n) is 2.29. The number of benzene rings is 1. The average Bonchev–Trinajstić information content (AvgIpc) is 2.57. The van der Waals surface area contributed by atoms with Gasteiger partial charge in [-0.15, -0.1) is 0 Å². The number of halogens is 1. The number of hydrogen-bond acceptors (Lipinski definition) is 4. The molecule has 0 aliphatic rings. The molecule has 2 rings (SSSR count). The van der Waals surface area contributed by atoms with Gasteiger partial charge in [-0.1, -0.05) is 32.9 Å². The summed E-state index contributed by atoms with van der Waals surface area (Å²) in [6.07, 6.45) is 4.23. The van der Waals surface area contributed by atoms with Crippen molar-refractivity contribution in [2.45, 2.75) is 38.3 Å². The molecule has 1 aromatic carbocycles. The van der Waals surface area contributed by atoms with E-state index in [1.165, 1.54) is 12.1 Å². The second-order valence-corrected chi connectivity index (χ2v) is 10.0. The SMILES string of the molecule is CC(C)(C)[SiH2]OCCN=NC(Cc1ccncc1)c1ccc(F)cc1. The van der Waals surface area contributed by atoms with E-state index in [-0.39, 0.29) is 16.9 Å². The van der Waals surface area contributed by atoms with Crippen LogP contribution in [0.2, 0.25) is 5.04 Å². The monoisotopic (exact) mass is 359 g/mol. The van der Waals surface area contributed by atoms with E-state index in [9.17, 15) is 4.39 Å². The number of aromatic nitrogens is 1. The molecule has 0 aliphatic carbocycles. The van der Waals surface area contributed by atoms with E-state index < -0.39 is 9.76 Å². The van der Waals surface area contributed by atoms with Crippen LogP contribution in [0, 0.1) is 5.82 Å². The number of pyridine rings is 1. The van der Waals surface area contributed by atoms with Crippen molar-refractivity contribution in [3.63, 3.8) is 0 Å². The van der Waals surface area contributed by atoms with Gasteiger partial charge in [0.15, 0.2) is 9.76 Å². The van der Waals surface area contributed by atoms with Crippen LogP contribution in [-0.2, 0) is 10.8 Å². The van der Waals surface area contributed by atoms with Gasteiger partial charge in [0.2, 0.25) is 0 Å². The maximum atomic E-state index is 13.2. The van der Waals surface area contributed by atoms with E-state index in [0.29, 0.717) is 19.6 Å². The summed E-state index contributed by atoms with van der Waals surface area (Å²) in [5, 5.41) is 9.06. The topological polar surface area (TPSA) is 46.8 Å². The molecule has 1 atom stereocenters. The highest BCUT2D eigenvalue weighted by Gasteiger charge is 2.13. The molecule has 2 aromatic rings. The Morgan fingerprint density at radius 2 is 1.80 bits per heavy atom. The van der Waals surface area contributed by atoms with Gasteiger partial charge in [-0.2, -0.15) is 10.2 Å². The quantitative estimate of drug-likeness (QED) is 0.401. The molecule has 0 fully saturated rings. The summed E-state index contributed by atoms with van der Waals surface area (Å²) in [5.74, 6) is -0.246. The average molecular weight is 360 g/mol. The zero-order valence-electron chi connectivity index (χ0n) is 15.2.